The summed E-state index contributed by atoms with van der Waals surface area (Å²) in [6, 6.07) is 20.6. The predicted octanol–water partition coefficient (Wildman–Crippen LogP) is 5.82. The third-order valence-electron chi connectivity index (χ3n) is 6.12. The molecule has 3 aromatic rings. The minimum Gasteiger partial charge on any atom is -0.354 e. The predicted molar refractivity (Wildman–Crippen MR) is 146 cm³/mol. The Balaban J connectivity index is 1.45. The molecule has 1 atom stereocenters. The van der Waals surface area contributed by atoms with E-state index in [4.69, 9.17) is 0 Å². The number of nitrogens with one attached hydrogen (secondary N) is 1. The molecule has 1 heterocycles. The number of aromatic nitrogens is 3. The van der Waals surface area contributed by atoms with Crippen LogP contribution in [0.4, 0.5) is 0 Å². The molecule has 0 spiro atoms. The van der Waals surface area contributed by atoms with E-state index in [2.05, 4.69) is 70.0 Å². The fourth-order valence-corrected chi connectivity index (χ4v) is 5.03. The average molecular weight is 494 g/mol. The fraction of sp³-hybridized carbons (Fsp3) is 0.464. The van der Waals surface area contributed by atoms with Crippen molar-refractivity contribution < 1.29 is 4.79 Å². The lowest BCUT2D eigenvalue weighted by Gasteiger charge is -2.19. The lowest BCUT2D eigenvalue weighted by Crippen LogP contribution is -2.33. The first-order chi connectivity index (χ1) is 17.1. The van der Waals surface area contributed by atoms with Crippen molar-refractivity contribution in [2.45, 2.75) is 64.1 Å². The summed E-state index contributed by atoms with van der Waals surface area (Å²) < 4.78 is 2.12. The molecule has 0 aliphatic carbocycles. The van der Waals surface area contributed by atoms with E-state index < -0.39 is 0 Å². The van der Waals surface area contributed by atoms with Crippen LogP contribution < -0.4 is 5.32 Å². The molecule has 0 saturated carbocycles. The van der Waals surface area contributed by atoms with Crippen molar-refractivity contribution in [3.8, 4) is 17.1 Å². The summed E-state index contributed by atoms with van der Waals surface area (Å²) in [7, 11) is 0. The Morgan fingerprint density at radius 1 is 0.971 bits per heavy atom. The largest absolute Gasteiger partial charge is 0.354 e. The zero-order chi connectivity index (χ0) is 24.9. The second kappa shape index (κ2) is 14.7. The van der Waals surface area contributed by atoms with E-state index in [1.54, 1.807) is 11.8 Å². The first-order valence-electron chi connectivity index (χ1n) is 12.8. The number of thioether (sulfide) groups is 1. The minimum absolute atomic E-state index is 0.157. The van der Waals surface area contributed by atoms with Gasteiger partial charge >= 0.3 is 0 Å². The second-order valence-electron chi connectivity index (χ2n) is 8.79. The van der Waals surface area contributed by atoms with Gasteiger partial charge in [-0.1, -0.05) is 74.1 Å². The van der Waals surface area contributed by atoms with E-state index >= 15 is 0 Å². The van der Waals surface area contributed by atoms with Gasteiger partial charge in [0.25, 0.3) is 0 Å². The van der Waals surface area contributed by atoms with Gasteiger partial charge in [-0.2, -0.15) is 0 Å². The van der Waals surface area contributed by atoms with Crippen LogP contribution in [0.3, 0.4) is 0 Å². The Kier molecular flexibility index (Phi) is 11.3. The minimum atomic E-state index is 0.157. The number of carbonyl (C=O) groups excluding carboxylic acids is 1. The molecule has 1 N–H and O–H groups in total. The first kappa shape index (κ1) is 27.0. The first-order valence-corrected chi connectivity index (χ1v) is 13.8. The van der Waals surface area contributed by atoms with Crippen molar-refractivity contribution in [3.05, 3.63) is 60.7 Å². The van der Waals surface area contributed by atoms with Crippen LogP contribution in [0.15, 0.2) is 65.8 Å². The van der Waals surface area contributed by atoms with E-state index in [9.17, 15) is 4.79 Å². The zero-order valence-corrected chi connectivity index (χ0v) is 22.1. The van der Waals surface area contributed by atoms with Crippen molar-refractivity contribution in [1.29, 1.82) is 0 Å². The van der Waals surface area contributed by atoms with Gasteiger partial charge in [-0.25, -0.2) is 0 Å². The molecule has 0 saturated heterocycles. The second-order valence-corrected chi connectivity index (χ2v) is 9.85. The van der Waals surface area contributed by atoms with Crippen molar-refractivity contribution in [2.24, 2.45) is 0 Å². The van der Waals surface area contributed by atoms with E-state index in [1.165, 1.54) is 0 Å². The number of amides is 1. The van der Waals surface area contributed by atoms with Crippen LogP contribution in [-0.2, 0) is 4.79 Å². The summed E-state index contributed by atoms with van der Waals surface area (Å²) in [6.45, 7) is 9.77. The van der Waals surface area contributed by atoms with Crippen molar-refractivity contribution in [3.63, 3.8) is 0 Å². The molecule has 0 radical (unpaired) electrons. The van der Waals surface area contributed by atoms with Crippen LogP contribution in [-0.4, -0.2) is 57.0 Å². The van der Waals surface area contributed by atoms with Crippen LogP contribution in [0.1, 0.15) is 52.9 Å². The van der Waals surface area contributed by atoms with Crippen LogP contribution in [0.5, 0.6) is 0 Å². The molecule has 2 aromatic carbocycles. The van der Waals surface area contributed by atoms with E-state index in [1.807, 2.05) is 36.4 Å². The number of unbranched alkanes of at least 4 members (excludes halogenated alkanes) is 1. The zero-order valence-electron chi connectivity index (χ0n) is 21.3. The van der Waals surface area contributed by atoms with Gasteiger partial charge in [0, 0.05) is 29.5 Å². The molecule has 7 heteroatoms. The highest BCUT2D eigenvalue weighted by atomic mass is 32.2. The highest BCUT2D eigenvalue weighted by Crippen LogP contribution is 2.28. The van der Waals surface area contributed by atoms with Gasteiger partial charge in [-0.15, -0.1) is 10.2 Å². The molecule has 0 aliphatic heterocycles. The third-order valence-corrected chi connectivity index (χ3v) is 7.14. The van der Waals surface area contributed by atoms with E-state index in [-0.39, 0.29) is 11.9 Å². The summed E-state index contributed by atoms with van der Waals surface area (Å²) in [5, 5.41) is 13.0. The standard InChI is InChI=1S/C28H39N5OS/c1-4-32(5-2)21-14-15-23(3)29-26(34)20-12-13-22-35-28-31-30-27(24-16-8-6-9-17-24)33(28)25-18-10-7-11-19-25/h6-11,16-19,23H,4-5,12-15,20-22H2,1-3H3,(H,29,34). The molecule has 0 bridgehead atoms. The monoisotopic (exact) mass is 493 g/mol. The topological polar surface area (TPSA) is 63.1 Å². The van der Waals surface area contributed by atoms with Crippen LogP contribution in [0.25, 0.3) is 17.1 Å². The van der Waals surface area contributed by atoms with Crippen molar-refractivity contribution >= 4 is 17.7 Å². The Morgan fingerprint density at radius 3 is 2.34 bits per heavy atom. The van der Waals surface area contributed by atoms with Crippen molar-refractivity contribution in [2.75, 3.05) is 25.4 Å². The van der Waals surface area contributed by atoms with Gasteiger partial charge in [-0.05, 0) is 64.4 Å². The average Bonchev–Trinajstić information content (AvgIpc) is 3.31. The summed E-state index contributed by atoms with van der Waals surface area (Å²) in [4.78, 5) is 14.8. The molecule has 0 aliphatic rings. The van der Waals surface area contributed by atoms with Gasteiger partial charge in [0.1, 0.15) is 0 Å². The van der Waals surface area contributed by atoms with Gasteiger partial charge in [0.05, 0.1) is 0 Å². The quantitative estimate of drug-likeness (QED) is 0.213. The smallest absolute Gasteiger partial charge is 0.220 e. The summed E-state index contributed by atoms with van der Waals surface area (Å²) in [5.74, 6) is 1.89. The molecule has 3 rings (SSSR count). The number of rotatable bonds is 15. The molecule has 1 aromatic heterocycles. The fourth-order valence-electron chi connectivity index (χ4n) is 4.08. The lowest BCUT2D eigenvalue weighted by atomic mass is 10.1. The molecule has 188 valence electrons. The number of para-hydroxylation sites is 1. The Morgan fingerprint density at radius 2 is 1.66 bits per heavy atom. The Bertz CT molecular complexity index is 1000. The number of carbonyl (C=O) groups is 1. The maximum absolute atomic E-state index is 12.3. The summed E-state index contributed by atoms with van der Waals surface area (Å²) in [5.41, 5.74) is 2.09. The van der Waals surface area contributed by atoms with Crippen molar-refractivity contribution in [1.82, 2.24) is 25.0 Å². The molecule has 1 amide bonds. The van der Waals surface area contributed by atoms with E-state index in [0.717, 1.165) is 73.3 Å². The highest BCUT2D eigenvalue weighted by molar-refractivity contribution is 7.99. The number of benzene rings is 2. The Hall–Kier alpha value is -2.64. The Labute approximate surface area is 214 Å². The molecule has 35 heavy (non-hydrogen) atoms. The van der Waals surface area contributed by atoms with Crippen LogP contribution >= 0.6 is 11.8 Å². The number of nitrogens with zero attached hydrogens (tertiary/aromatic N) is 4. The molecule has 0 fully saturated rings. The maximum atomic E-state index is 12.3. The van der Waals surface area contributed by atoms with Gasteiger partial charge in [0.2, 0.25) is 5.91 Å². The molecule has 6 nitrogen and oxygen atoms in total. The number of hydrogen-bond donors (Lipinski definition) is 1. The summed E-state index contributed by atoms with van der Waals surface area (Å²) >= 11 is 1.69. The molecular formula is C28H39N5OS. The normalized spacial score (nSPS) is 12.1. The van der Waals surface area contributed by atoms with Gasteiger partial charge in [-0.3, -0.25) is 9.36 Å². The highest BCUT2D eigenvalue weighted by Gasteiger charge is 2.16. The SMILES string of the molecule is CCN(CC)CCCC(C)NC(=O)CCCCSc1nnc(-c2ccccc2)n1-c1ccccc1. The van der Waals surface area contributed by atoms with Crippen LogP contribution in [0, 0.1) is 0 Å². The van der Waals surface area contributed by atoms with E-state index in [0.29, 0.717) is 6.42 Å². The summed E-state index contributed by atoms with van der Waals surface area (Å²) in [6.07, 6.45) is 4.54. The van der Waals surface area contributed by atoms with Gasteiger partial charge in [0.15, 0.2) is 11.0 Å². The number of hydrogen-bond acceptors (Lipinski definition) is 5. The maximum Gasteiger partial charge on any atom is 0.220 e. The third kappa shape index (κ3) is 8.51. The lowest BCUT2D eigenvalue weighted by molar-refractivity contribution is -0.121. The molecule has 1 unspecified atom stereocenters. The van der Waals surface area contributed by atoms with Crippen LogP contribution in [0.2, 0.25) is 0 Å². The molecular weight excluding hydrogens is 454 g/mol. The van der Waals surface area contributed by atoms with Gasteiger partial charge < -0.3 is 10.2 Å².